The number of carbonyl (C=O) groups is 1. The summed E-state index contributed by atoms with van der Waals surface area (Å²) in [6.07, 6.45) is 2.32. The number of hydrogen-bond donors (Lipinski definition) is 0. The number of benzene rings is 1. The molecular weight excluding hydrogens is 340 g/mol. The molecule has 1 aromatic carbocycles. The topological polar surface area (TPSA) is 55.3 Å². The Labute approximate surface area is 152 Å². The van der Waals surface area contributed by atoms with Crippen molar-refractivity contribution in [3.05, 3.63) is 47.4 Å². The average Bonchev–Trinajstić information content (AvgIpc) is 2.60. The minimum Gasteiger partial charge on any atom is -0.468 e. The molecule has 2 aromatic rings. The van der Waals surface area contributed by atoms with Crippen molar-refractivity contribution < 1.29 is 18.3 Å². The van der Waals surface area contributed by atoms with E-state index >= 15 is 0 Å². The maximum absolute atomic E-state index is 13.6. The maximum Gasteiger partial charge on any atom is 0.293 e. The van der Waals surface area contributed by atoms with E-state index in [-0.39, 0.29) is 5.56 Å². The lowest BCUT2D eigenvalue weighted by atomic mass is 10.0. The first-order valence-electron chi connectivity index (χ1n) is 8.36. The van der Waals surface area contributed by atoms with Crippen molar-refractivity contribution in [2.75, 3.05) is 20.2 Å². The molecule has 0 N–H and O–H groups in total. The van der Waals surface area contributed by atoms with Gasteiger partial charge in [0.15, 0.2) is 0 Å². The number of aromatic nitrogens is 2. The van der Waals surface area contributed by atoms with Crippen molar-refractivity contribution in [2.45, 2.75) is 32.7 Å². The fourth-order valence-corrected chi connectivity index (χ4v) is 2.53. The first-order chi connectivity index (χ1) is 12.3. The van der Waals surface area contributed by atoms with Gasteiger partial charge in [0.1, 0.15) is 0 Å². The van der Waals surface area contributed by atoms with Crippen molar-refractivity contribution in [1.29, 1.82) is 0 Å². The second kappa shape index (κ2) is 8.80. The normalized spacial score (nSPS) is 11.6. The molecule has 0 saturated heterocycles. The minimum absolute atomic E-state index is 0.0498. The number of halogens is 2. The third kappa shape index (κ3) is 5.56. The second-order valence-electron chi connectivity index (χ2n) is 6.31. The zero-order valence-corrected chi connectivity index (χ0v) is 15.2. The zero-order chi connectivity index (χ0) is 19.2. The average molecular weight is 363 g/mol. The highest BCUT2D eigenvalue weighted by atomic mass is 19.3. The molecule has 0 radical (unpaired) electrons. The van der Waals surface area contributed by atoms with Crippen LogP contribution < -0.4 is 0 Å². The Hall–Kier alpha value is -2.41. The molecule has 0 aliphatic heterocycles. The fourth-order valence-electron chi connectivity index (χ4n) is 2.53. The molecule has 0 aliphatic rings. The molecule has 0 unspecified atom stereocenters. The summed E-state index contributed by atoms with van der Waals surface area (Å²) in [4.78, 5) is 21.2. The van der Waals surface area contributed by atoms with E-state index in [9.17, 15) is 13.6 Å². The molecule has 7 heteroatoms. The van der Waals surface area contributed by atoms with Crippen molar-refractivity contribution in [3.63, 3.8) is 0 Å². The zero-order valence-electron chi connectivity index (χ0n) is 15.2. The highest BCUT2D eigenvalue weighted by Gasteiger charge is 2.24. The van der Waals surface area contributed by atoms with Gasteiger partial charge in [-0.25, -0.2) is 13.8 Å². The number of alkyl halides is 2. The van der Waals surface area contributed by atoms with Crippen LogP contribution in [0.15, 0.2) is 30.5 Å². The van der Waals surface area contributed by atoms with E-state index in [1.165, 1.54) is 12.1 Å². The second-order valence-corrected chi connectivity index (χ2v) is 6.31. The molecule has 0 saturated carbocycles. The first kappa shape index (κ1) is 19.9. The first-order valence-corrected chi connectivity index (χ1v) is 8.36. The van der Waals surface area contributed by atoms with Crippen molar-refractivity contribution >= 4 is 6.47 Å². The van der Waals surface area contributed by atoms with E-state index in [0.29, 0.717) is 30.9 Å². The van der Waals surface area contributed by atoms with Gasteiger partial charge in [-0.15, -0.1) is 0 Å². The third-order valence-corrected chi connectivity index (χ3v) is 4.01. The number of carbonyl (C=O) groups excluding carboxylic acids is 1. The lowest BCUT2D eigenvalue weighted by Crippen LogP contribution is -2.22. The van der Waals surface area contributed by atoms with Crippen LogP contribution in [0.4, 0.5) is 8.78 Å². The van der Waals surface area contributed by atoms with Gasteiger partial charge in [-0.3, -0.25) is 9.78 Å². The Bertz CT molecular complexity index is 748. The minimum atomic E-state index is -2.90. The molecule has 5 nitrogen and oxygen atoms in total. The molecule has 0 spiro atoms. The Morgan fingerprint density at radius 2 is 2.12 bits per heavy atom. The quantitative estimate of drug-likeness (QED) is 0.504. The monoisotopic (exact) mass is 363 g/mol. The van der Waals surface area contributed by atoms with Gasteiger partial charge in [0.05, 0.1) is 29.9 Å². The number of hydrogen-bond acceptors (Lipinski definition) is 5. The molecule has 2 rings (SSSR count). The lowest BCUT2D eigenvalue weighted by molar-refractivity contribution is -0.128. The van der Waals surface area contributed by atoms with E-state index in [1.807, 2.05) is 18.9 Å². The third-order valence-electron chi connectivity index (χ3n) is 4.01. The van der Waals surface area contributed by atoms with Gasteiger partial charge in [0.2, 0.25) is 0 Å². The van der Waals surface area contributed by atoms with Crippen LogP contribution in [0, 0.1) is 6.92 Å². The fraction of sp³-hybridized carbons (Fsp3) is 0.421. The molecule has 0 amide bonds. The van der Waals surface area contributed by atoms with E-state index in [1.54, 1.807) is 18.3 Å². The summed E-state index contributed by atoms with van der Waals surface area (Å²) < 4.78 is 31.8. The van der Waals surface area contributed by atoms with E-state index in [4.69, 9.17) is 0 Å². The van der Waals surface area contributed by atoms with Gasteiger partial charge in [0, 0.05) is 31.1 Å². The molecule has 0 fully saturated rings. The van der Waals surface area contributed by atoms with Gasteiger partial charge >= 0.3 is 0 Å². The van der Waals surface area contributed by atoms with Crippen LogP contribution in [0.25, 0.3) is 11.3 Å². The summed E-state index contributed by atoms with van der Waals surface area (Å²) in [6.45, 7) is 4.85. The Kier molecular flexibility index (Phi) is 6.74. The largest absolute Gasteiger partial charge is 0.468 e. The SMILES string of the molecule is Cc1ncc(-c2cccc(C(C)(F)F)c2)nc1CN(C)CCCOC=O. The summed E-state index contributed by atoms with van der Waals surface area (Å²) in [5.41, 5.74) is 2.71. The highest BCUT2D eigenvalue weighted by Crippen LogP contribution is 2.30. The van der Waals surface area contributed by atoms with Gasteiger partial charge in [-0.2, -0.15) is 0 Å². The molecule has 0 atom stereocenters. The summed E-state index contributed by atoms with van der Waals surface area (Å²) in [5, 5.41) is 0. The van der Waals surface area contributed by atoms with Crippen molar-refractivity contribution in [2.24, 2.45) is 0 Å². The van der Waals surface area contributed by atoms with Crippen LogP contribution in [0.3, 0.4) is 0 Å². The number of rotatable bonds is 9. The predicted molar refractivity (Wildman–Crippen MR) is 94.7 cm³/mol. The van der Waals surface area contributed by atoms with Crippen LogP contribution >= 0.6 is 0 Å². The summed E-state index contributed by atoms with van der Waals surface area (Å²) in [7, 11) is 1.94. The van der Waals surface area contributed by atoms with Gasteiger partial charge in [0.25, 0.3) is 12.4 Å². The summed E-state index contributed by atoms with van der Waals surface area (Å²) >= 11 is 0. The van der Waals surface area contributed by atoms with Crippen LogP contribution in [0.1, 0.15) is 30.3 Å². The van der Waals surface area contributed by atoms with E-state index in [0.717, 1.165) is 31.3 Å². The molecule has 1 heterocycles. The number of aryl methyl sites for hydroxylation is 1. The predicted octanol–water partition coefficient (Wildman–Crippen LogP) is 3.56. The van der Waals surface area contributed by atoms with Crippen LogP contribution in [0.5, 0.6) is 0 Å². The van der Waals surface area contributed by atoms with Gasteiger partial charge < -0.3 is 9.64 Å². The molecule has 0 aliphatic carbocycles. The van der Waals surface area contributed by atoms with E-state index < -0.39 is 5.92 Å². The number of nitrogens with zero attached hydrogens (tertiary/aromatic N) is 3. The molecule has 26 heavy (non-hydrogen) atoms. The number of ether oxygens (including phenoxy) is 1. The van der Waals surface area contributed by atoms with Gasteiger partial charge in [-0.1, -0.05) is 18.2 Å². The van der Waals surface area contributed by atoms with Gasteiger partial charge in [-0.05, 0) is 26.5 Å². The highest BCUT2D eigenvalue weighted by molar-refractivity contribution is 5.59. The smallest absolute Gasteiger partial charge is 0.293 e. The molecule has 1 aromatic heterocycles. The Morgan fingerprint density at radius 3 is 2.81 bits per heavy atom. The molecule has 0 bridgehead atoms. The summed E-state index contributed by atoms with van der Waals surface area (Å²) in [6, 6.07) is 6.20. The Balaban J connectivity index is 2.15. The lowest BCUT2D eigenvalue weighted by Gasteiger charge is -2.17. The van der Waals surface area contributed by atoms with Crippen LogP contribution in [-0.2, 0) is 22.0 Å². The summed E-state index contributed by atoms with van der Waals surface area (Å²) in [5.74, 6) is -2.90. The standard InChI is InChI=1S/C19H23F2N3O2/c1-14-18(12-24(3)8-5-9-26-13-25)23-17(11-22-14)15-6-4-7-16(10-15)19(2,20)21/h4,6-7,10-11,13H,5,8-9,12H2,1-3H3. The van der Waals surface area contributed by atoms with Crippen LogP contribution in [0.2, 0.25) is 0 Å². The molecule has 140 valence electrons. The van der Waals surface area contributed by atoms with Crippen LogP contribution in [-0.4, -0.2) is 41.5 Å². The van der Waals surface area contributed by atoms with E-state index in [2.05, 4.69) is 14.7 Å². The Morgan fingerprint density at radius 1 is 1.35 bits per heavy atom. The maximum atomic E-state index is 13.6. The van der Waals surface area contributed by atoms with Crippen molar-refractivity contribution in [1.82, 2.24) is 14.9 Å². The van der Waals surface area contributed by atoms with Crippen molar-refractivity contribution in [3.8, 4) is 11.3 Å². The molecular formula is C19H23F2N3O2.